The van der Waals surface area contributed by atoms with Crippen molar-refractivity contribution < 1.29 is 4.74 Å². The summed E-state index contributed by atoms with van der Waals surface area (Å²) in [5.74, 6) is 0.971. The van der Waals surface area contributed by atoms with Gasteiger partial charge >= 0.3 is 0 Å². The van der Waals surface area contributed by atoms with Crippen molar-refractivity contribution in [2.45, 2.75) is 33.4 Å². The number of halogens is 1. The standard InChI is InChI=1S/C16H25BrN2O/c1-16(2,3)15-11-19(8-7-18-15)10-12-9-13(17)5-6-14(12)20-4/h5-6,9,15,18H,7-8,10-11H2,1-4H3. The van der Waals surface area contributed by atoms with Gasteiger partial charge in [-0.05, 0) is 23.6 Å². The highest BCUT2D eigenvalue weighted by molar-refractivity contribution is 9.10. The maximum Gasteiger partial charge on any atom is 0.123 e. The Morgan fingerprint density at radius 3 is 2.80 bits per heavy atom. The summed E-state index contributed by atoms with van der Waals surface area (Å²) >= 11 is 3.55. The molecule has 4 heteroatoms. The Morgan fingerprint density at radius 1 is 1.40 bits per heavy atom. The molecule has 1 aliphatic rings. The number of methoxy groups -OCH3 is 1. The number of ether oxygens (including phenoxy) is 1. The second-order valence-electron chi connectivity index (χ2n) is 6.56. The van der Waals surface area contributed by atoms with E-state index in [0.717, 1.165) is 36.4 Å². The third kappa shape index (κ3) is 3.96. The zero-order valence-corrected chi connectivity index (χ0v) is 14.5. The number of nitrogens with one attached hydrogen (secondary N) is 1. The fourth-order valence-electron chi connectivity index (χ4n) is 2.65. The van der Waals surface area contributed by atoms with Gasteiger partial charge in [0.05, 0.1) is 7.11 Å². The van der Waals surface area contributed by atoms with Gasteiger partial charge in [-0.3, -0.25) is 4.90 Å². The van der Waals surface area contributed by atoms with Gasteiger partial charge < -0.3 is 10.1 Å². The van der Waals surface area contributed by atoms with Crippen LogP contribution in [-0.4, -0.2) is 37.7 Å². The van der Waals surface area contributed by atoms with Crippen molar-refractivity contribution in [1.82, 2.24) is 10.2 Å². The van der Waals surface area contributed by atoms with Crippen LogP contribution >= 0.6 is 15.9 Å². The van der Waals surface area contributed by atoms with E-state index in [1.807, 2.05) is 12.1 Å². The molecule has 112 valence electrons. The van der Waals surface area contributed by atoms with E-state index in [1.54, 1.807) is 7.11 Å². The Kier molecular flexibility index (Phi) is 5.10. The van der Waals surface area contributed by atoms with Gasteiger partial charge in [0.15, 0.2) is 0 Å². The van der Waals surface area contributed by atoms with Crippen molar-refractivity contribution in [3.8, 4) is 5.75 Å². The molecule has 1 aromatic carbocycles. The molecular formula is C16H25BrN2O. The van der Waals surface area contributed by atoms with Crippen molar-refractivity contribution >= 4 is 15.9 Å². The second-order valence-corrected chi connectivity index (χ2v) is 7.48. The molecule has 0 radical (unpaired) electrons. The molecule has 20 heavy (non-hydrogen) atoms. The lowest BCUT2D eigenvalue weighted by Gasteiger charge is -2.40. The number of nitrogens with zero attached hydrogens (tertiary/aromatic N) is 1. The van der Waals surface area contributed by atoms with Gasteiger partial charge in [0.1, 0.15) is 5.75 Å². The quantitative estimate of drug-likeness (QED) is 0.913. The largest absolute Gasteiger partial charge is 0.496 e. The highest BCUT2D eigenvalue weighted by atomic mass is 79.9. The third-order valence-corrected chi connectivity index (χ3v) is 4.43. The van der Waals surface area contributed by atoms with E-state index in [-0.39, 0.29) is 0 Å². The minimum Gasteiger partial charge on any atom is -0.496 e. The average molecular weight is 341 g/mol. The van der Waals surface area contributed by atoms with E-state index in [1.165, 1.54) is 5.56 Å². The topological polar surface area (TPSA) is 24.5 Å². The number of hydrogen-bond donors (Lipinski definition) is 1. The molecule has 0 bridgehead atoms. The zero-order chi connectivity index (χ0) is 14.8. The molecule has 1 aliphatic heterocycles. The van der Waals surface area contributed by atoms with Crippen LogP contribution in [0.2, 0.25) is 0 Å². The van der Waals surface area contributed by atoms with Crippen molar-refractivity contribution in [2.75, 3.05) is 26.7 Å². The zero-order valence-electron chi connectivity index (χ0n) is 12.9. The summed E-state index contributed by atoms with van der Waals surface area (Å²) in [6.45, 7) is 11.1. The summed E-state index contributed by atoms with van der Waals surface area (Å²) in [6, 6.07) is 6.75. The molecule has 1 N–H and O–H groups in total. The van der Waals surface area contributed by atoms with Crippen LogP contribution in [0.1, 0.15) is 26.3 Å². The fraction of sp³-hybridized carbons (Fsp3) is 0.625. The van der Waals surface area contributed by atoms with E-state index in [2.05, 4.69) is 53.0 Å². The Morgan fingerprint density at radius 2 is 2.15 bits per heavy atom. The molecule has 1 aromatic rings. The first-order valence-corrected chi connectivity index (χ1v) is 7.97. The number of hydrogen-bond acceptors (Lipinski definition) is 3. The average Bonchev–Trinajstić information content (AvgIpc) is 2.38. The highest BCUT2D eigenvalue weighted by Crippen LogP contribution is 2.26. The van der Waals surface area contributed by atoms with Gasteiger partial charge in [-0.15, -0.1) is 0 Å². The molecular weight excluding hydrogens is 316 g/mol. The molecule has 3 nitrogen and oxygen atoms in total. The van der Waals surface area contributed by atoms with Crippen LogP contribution in [0.3, 0.4) is 0 Å². The summed E-state index contributed by atoms with van der Waals surface area (Å²) in [7, 11) is 1.74. The van der Waals surface area contributed by atoms with Crippen LogP contribution in [0.25, 0.3) is 0 Å². The van der Waals surface area contributed by atoms with Crippen molar-refractivity contribution in [2.24, 2.45) is 5.41 Å². The van der Waals surface area contributed by atoms with Crippen molar-refractivity contribution in [3.05, 3.63) is 28.2 Å². The predicted molar refractivity (Wildman–Crippen MR) is 87.2 cm³/mol. The van der Waals surface area contributed by atoms with Crippen molar-refractivity contribution in [3.63, 3.8) is 0 Å². The van der Waals surface area contributed by atoms with Gasteiger partial charge in [0.25, 0.3) is 0 Å². The molecule has 1 saturated heterocycles. The number of benzene rings is 1. The Balaban J connectivity index is 2.08. The Labute approximate surface area is 130 Å². The Hall–Kier alpha value is -0.580. The normalized spacial score (nSPS) is 20.9. The lowest BCUT2D eigenvalue weighted by atomic mass is 9.85. The molecule has 0 amide bonds. The molecule has 0 aliphatic carbocycles. The highest BCUT2D eigenvalue weighted by Gasteiger charge is 2.29. The van der Waals surface area contributed by atoms with E-state index < -0.39 is 0 Å². The van der Waals surface area contributed by atoms with E-state index in [4.69, 9.17) is 4.74 Å². The van der Waals surface area contributed by atoms with E-state index in [9.17, 15) is 0 Å². The van der Waals surface area contributed by atoms with Gasteiger partial charge in [-0.1, -0.05) is 36.7 Å². The van der Waals surface area contributed by atoms with Crippen LogP contribution in [-0.2, 0) is 6.54 Å². The first-order valence-electron chi connectivity index (χ1n) is 7.18. The minimum atomic E-state index is 0.292. The second kappa shape index (κ2) is 6.46. The van der Waals surface area contributed by atoms with Gasteiger partial charge in [-0.2, -0.15) is 0 Å². The minimum absolute atomic E-state index is 0.292. The van der Waals surface area contributed by atoms with Gasteiger partial charge in [0, 0.05) is 42.3 Å². The molecule has 1 unspecified atom stereocenters. The monoisotopic (exact) mass is 340 g/mol. The van der Waals surface area contributed by atoms with Crippen LogP contribution < -0.4 is 10.1 Å². The first-order chi connectivity index (χ1) is 9.40. The summed E-state index contributed by atoms with van der Waals surface area (Å²) in [5, 5.41) is 3.63. The lowest BCUT2D eigenvalue weighted by molar-refractivity contribution is 0.128. The van der Waals surface area contributed by atoms with E-state index in [0.29, 0.717) is 11.5 Å². The summed E-state index contributed by atoms with van der Waals surface area (Å²) < 4.78 is 6.58. The molecule has 1 fully saturated rings. The lowest BCUT2D eigenvalue weighted by Crippen LogP contribution is -2.55. The third-order valence-electron chi connectivity index (χ3n) is 3.94. The number of piperazine rings is 1. The first kappa shape index (κ1) is 15.8. The smallest absolute Gasteiger partial charge is 0.123 e. The SMILES string of the molecule is COc1ccc(Br)cc1CN1CCNC(C(C)(C)C)C1. The molecule has 1 heterocycles. The molecule has 0 saturated carbocycles. The predicted octanol–water partition coefficient (Wildman–Crippen LogP) is 3.28. The van der Waals surface area contributed by atoms with Crippen molar-refractivity contribution in [1.29, 1.82) is 0 Å². The fourth-order valence-corrected chi connectivity index (χ4v) is 3.05. The maximum absolute atomic E-state index is 5.47. The molecule has 1 atom stereocenters. The van der Waals surface area contributed by atoms with Gasteiger partial charge in [0.2, 0.25) is 0 Å². The van der Waals surface area contributed by atoms with Crippen LogP contribution in [0, 0.1) is 5.41 Å². The van der Waals surface area contributed by atoms with Gasteiger partial charge in [-0.25, -0.2) is 0 Å². The summed E-state index contributed by atoms with van der Waals surface area (Å²) in [5.41, 5.74) is 1.54. The number of rotatable bonds is 3. The summed E-state index contributed by atoms with van der Waals surface area (Å²) in [6.07, 6.45) is 0. The molecule has 0 aromatic heterocycles. The molecule has 2 rings (SSSR count). The maximum atomic E-state index is 5.47. The van der Waals surface area contributed by atoms with Crippen LogP contribution in [0.15, 0.2) is 22.7 Å². The van der Waals surface area contributed by atoms with Crippen LogP contribution in [0.5, 0.6) is 5.75 Å². The Bertz CT molecular complexity index is 456. The van der Waals surface area contributed by atoms with Crippen LogP contribution in [0.4, 0.5) is 0 Å². The molecule has 0 spiro atoms. The summed E-state index contributed by atoms with van der Waals surface area (Å²) in [4.78, 5) is 2.51. The van der Waals surface area contributed by atoms with E-state index >= 15 is 0 Å².